The van der Waals surface area contributed by atoms with E-state index in [1.54, 1.807) is 12.1 Å². The summed E-state index contributed by atoms with van der Waals surface area (Å²) in [5.41, 5.74) is 9.34. The molecule has 0 fully saturated rings. The topological polar surface area (TPSA) is 119 Å². The van der Waals surface area contributed by atoms with Crippen molar-refractivity contribution in [2.75, 3.05) is 0 Å². The van der Waals surface area contributed by atoms with E-state index in [9.17, 15) is 0 Å². The number of phenolic OH excluding ortho intramolecular Hbond substituents is 1. The molecule has 0 atom stereocenters. The number of nitrogens with two attached hydrogens (primary N) is 2. The summed E-state index contributed by atoms with van der Waals surface area (Å²) in [6.07, 6.45) is 0. The van der Waals surface area contributed by atoms with Crippen molar-refractivity contribution >= 4 is 12.8 Å². The van der Waals surface area contributed by atoms with Crippen molar-refractivity contribution in [1.29, 1.82) is 0 Å². The van der Waals surface area contributed by atoms with Crippen LogP contribution in [0.4, 0.5) is 4.79 Å². The Labute approximate surface area is 86.4 Å². The van der Waals surface area contributed by atoms with Crippen LogP contribution in [0.2, 0.25) is 0 Å². The second-order valence-electron chi connectivity index (χ2n) is 2.54. The van der Waals surface area contributed by atoms with E-state index in [1.165, 1.54) is 0 Å². The molecular weight excluding hydrogens is 200 g/mol. The first kappa shape index (κ1) is 12.8. The molecule has 0 bridgehead atoms. The van der Waals surface area contributed by atoms with E-state index >= 15 is 0 Å². The summed E-state index contributed by atoms with van der Waals surface area (Å²) in [4.78, 5) is 17.0. The van der Waals surface area contributed by atoms with Gasteiger partial charge in [-0.15, -0.1) is 0 Å². The van der Waals surface area contributed by atoms with Gasteiger partial charge >= 0.3 is 6.03 Å². The zero-order chi connectivity index (χ0) is 12.0. The van der Waals surface area contributed by atoms with E-state index in [0.29, 0.717) is 5.75 Å². The largest absolute Gasteiger partial charge is 0.508 e. The van der Waals surface area contributed by atoms with Crippen LogP contribution in [-0.4, -0.2) is 17.9 Å². The number of rotatable bonds is 0. The first-order valence-electron chi connectivity index (χ1n) is 3.86. The highest BCUT2D eigenvalue weighted by molar-refractivity contribution is 5.69. The fraction of sp³-hybridized carbons (Fsp3) is 0.111. The summed E-state index contributed by atoms with van der Waals surface area (Å²) in [6, 6.07) is 2.57. The van der Waals surface area contributed by atoms with Gasteiger partial charge in [-0.25, -0.2) is 4.79 Å². The highest BCUT2D eigenvalue weighted by Crippen LogP contribution is 2.50. The van der Waals surface area contributed by atoms with Gasteiger partial charge in [-0.2, -0.15) is 0 Å². The molecule has 2 amide bonds. The number of benzene rings is 1. The Hall–Kier alpha value is -2.24. The third-order valence-corrected chi connectivity index (χ3v) is 1.51. The van der Waals surface area contributed by atoms with Gasteiger partial charge in [0.2, 0.25) is 0 Å². The number of primary amides is 2. The van der Waals surface area contributed by atoms with Crippen LogP contribution in [0.3, 0.4) is 0 Å². The average molecular weight is 212 g/mol. The van der Waals surface area contributed by atoms with Crippen molar-refractivity contribution < 1.29 is 19.4 Å². The van der Waals surface area contributed by atoms with Gasteiger partial charge in [0.25, 0.3) is 0 Å². The van der Waals surface area contributed by atoms with Crippen LogP contribution in [0.15, 0.2) is 12.1 Å². The van der Waals surface area contributed by atoms with Crippen LogP contribution >= 0.6 is 0 Å². The quantitative estimate of drug-likeness (QED) is 0.555. The molecule has 1 aliphatic heterocycles. The van der Waals surface area contributed by atoms with E-state index in [0.717, 1.165) is 17.1 Å². The maximum absolute atomic E-state index is 9.05. The van der Waals surface area contributed by atoms with E-state index < -0.39 is 6.03 Å². The second kappa shape index (κ2) is 5.48. The molecule has 5 N–H and O–H groups in total. The summed E-state index contributed by atoms with van der Waals surface area (Å²) in [7, 11) is 0. The van der Waals surface area contributed by atoms with E-state index in [-0.39, 0.29) is 0 Å². The fourth-order valence-corrected chi connectivity index (χ4v) is 0.851. The van der Waals surface area contributed by atoms with Crippen molar-refractivity contribution in [3.63, 3.8) is 0 Å². The van der Waals surface area contributed by atoms with Crippen LogP contribution in [-0.2, 0) is 4.79 Å². The number of carbonyl (C=O) groups excluding carboxylic acids is 2. The first-order chi connectivity index (χ1) is 7.02. The molecule has 1 heterocycles. The SMILES string of the molecule is C=O.Cc1c(O)ccc2c1O2.NC(N)=O. The molecular formula is C9H12N2O4. The Balaban J connectivity index is 0.000000282. The van der Waals surface area contributed by atoms with Gasteiger partial charge in [0, 0.05) is 5.56 Å². The maximum atomic E-state index is 9.05. The smallest absolute Gasteiger partial charge is 0.309 e. The van der Waals surface area contributed by atoms with Crippen LogP contribution < -0.4 is 16.2 Å². The Morgan fingerprint density at radius 2 is 1.87 bits per heavy atom. The van der Waals surface area contributed by atoms with Gasteiger partial charge in [0.05, 0.1) is 0 Å². The first-order valence-corrected chi connectivity index (χ1v) is 3.86. The van der Waals surface area contributed by atoms with Gasteiger partial charge in [-0.3, -0.25) is 0 Å². The molecule has 82 valence electrons. The molecule has 0 radical (unpaired) electrons. The number of phenols is 1. The van der Waals surface area contributed by atoms with Crippen molar-refractivity contribution in [3.05, 3.63) is 17.7 Å². The molecule has 0 aliphatic carbocycles. The van der Waals surface area contributed by atoms with Gasteiger partial charge in [0.15, 0.2) is 11.5 Å². The number of amides is 2. The minimum absolute atomic E-state index is 0.311. The van der Waals surface area contributed by atoms with E-state index in [1.807, 2.05) is 13.7 Å². The number of fused-ring (bicyclic) bond motifs is 1. The summed E-state index contributed by atoms with van der Waals surface area (Å²) in [6.45, 7) is 3.83. The lowest BCUT2D eigenvalue weighted by molar-refractivity contribution is -0.0979. The molecule has 0 aromatic heterocycles. The summed E-state index contributed by atoms with van der Waals surface area (Å²) in [5.74, 6) is 2.05. The third kappa shape index (κ3) is 3.99. The minimum Gasteiger partial charge on any atom is -0.508 e. The zero-order valence-corrected chi connectivity index (χ0v) is 8.19. The molecule has 6 nitrogen and oxygen atoms in total. The van der Waals surface area contributed by atoms with E-state index in [2.05, 4.69) is 11.5 Å². The van der Waals surface area contributed by atoms with Gasteiger partial charge in [-0.1, -0.05) is 0 Å². The van der Waals surface area contributed by atoms with Crippen molar-refractivity contribution in [2.45, 2.75) is 6.92 Å². The predicted molar refractivity (Wildman–Crippen MR) is 53.8 cm³/mol. The predicted octanol–water partition coefficient (Wildman–Crippen LogP) is 0.645. The van der Waals surface area contributed by atoms with Gasteiger partial charge in [0.1, 0.15) is 12.5 Å². The number of urea groups is 1. The van der Waals surface area contributed by atoms with Crippen LogP contribution in [0, 0.1) is 6.92 Å². The van der Waals surface area contributed by atoms with Gasteiger partial charge in [-0.05, 0) is 19.1 Å². The lowest BCUT2D eigenvalue weighted by Gasteiger charge is -1.88. The summed E-state index contributed by atoms with van der Waals surface area (Å²) in [5, 5.41) is 9.05. The molecule has 1 aromatic rings. The number of hydrogen-bond acceptors (Lipinski definition) is 4. The third-order valence-electron chi connectivity index (χ3n) is 1.51. The lowest BCUT2D eigenvalue weighted by atomic mass is 10.2. The normalized spacial score (nSPS) is 9.13. The Kier molecular flexibility index (Phi) is 4.66. The molecule has 6 heteroatoms. The average Bonchev–Trinajstić information content (AvgIpc) is 2.94. The van der Waals surface area contributed by atoms with Crippen LogP contribution in [0.25, 0.3) is 0 Å². The van der Waals surface area contributed by atoms with Crippen molar-refractivity contribution in [3.8, 4) is 17.2 Å². The second-order valence-corrected chi connectivity index (χ2v) is 2.54. The Bertz CT molecular complexity index is 358. The molecule has 2 rings (SSSR count). The van der Waals surface area contributed by atoms with Crippen molar-refractivity contribution in [1.82, 2.24) is 0 Å². The molecule has 1 aromatic carbocycles. The Morgan fingerprint density at radius 1 is 1.40 bits per heavy atom. The molecule has 0 saturated carbocycles. The molecule has 0 unspecified atom stereocenters. The van der Waals surface area contributed by atoms with Crippen LogP contribution in [0.1, 0.15) is 5.56 Å². The Morgan fingerprint density at radius 3 is 2.27 bits per heavy atom. The lowest BCUT2D eigenvalue weighted by Crippen LogP contribution is -2.18. The van der Waals surface area contributed by atoms with E-state index in [4.69, 9.17) is 19.4 Å². The molecule has 15 heavy (non-hydrogen) atoms. The molecule has 1 aliphatic rings. The van der Waals surface area contributed by atoms with Crippen LogP contribution in [0.5, 0.6) is 17.2 Å². The highest BCUT2D eigenvalue weighted by atomic mass is 16.6. The highest BCUT2D eigenvalue weighted by Gasteiger charge is 2.23. The fourth-order valence-electron chi connectivity index (χ4n) is 0.851. The molecule has 0 spiro atoms. The summed E-state index contributed by atoms with van der Waals surface area (Å²) >= 11 is 0. The monoisotopic (exact) mass is 212 g/mol. The minimum atomic E-state index is -0.833. The number of ether oxygens (including phenoxy) is 1. The number of aromatic hydroxyl groups is 1. The maximum Gasteiger partial charge on any atom is 0.309 e. The van der Waals surface area contributed by atoms with Crippen molar-refractivity contribution in [2.24, 2.45) is 11.5 Å². The standard InChI is InChI=1S/C7H6O2.CH4N2O.CH2O/c1-4-5(8)2-3-6-7(4)9-6;2-1(3)4;1-2/h2-3,8H,1H3;(H4,2,3,4);1H2. The zero-order valence-electron chi connectivity index (χ0n) is 8.19. The van der Waals surface area contributed by atoms with Gasteiger partial charge < -0.3 is 26.1 Å². The molecule has 0 saturated heterocycles. The summed E-state index contributed by atoms with van der Waals surface area (Å²) < 4.78 is 4.99. The number of hydrogen-bond donors (Lipinski definition) is 3. The number of carbonyl (C=O) groups is 2.